The van der Waals surface area contributed by atoms with E-state index in [1.165, 1.54) is 21.7 Å². The fraction of sp³-hybridized carbons (Fsp3) is 0.400. The summed E-state index contributed by atoms with van der Waals surface area (Å²) in [5, 5.41) is 2.66. The number of amides is 2. The Morgan fingerprint density at radius 3 is 2.89 bits per heavy atom. The van der Waals surface area contributed by atoms with Gasteiger partial charge in [0.25, 0.3) is 5.56 Å². The van der Waals surface area contributed by atoms with Gasteiger partial charge < -0.3 is 19.8 Å². The van der Waals surface area contributed by atoms with Gasteiger partial charge in [0.1, 0.15) is 17.0 Å². The number of hydrogen-bond acceptors (Lipinski definition) is 5. The molecule has 3 aromatic rings. The number of carbonyl (C=O) groups is 2. The second kappa shape index (κ2) is 10.6. The molecule has 2 amide bonds. The van der Waals surface area contributed by atoms with E-state index in [2.05, 4.69) is 20.3 Å². The number of anilines is 1. The highest BCUT2D eigenvalue weighted by Gasteiger charge is 2.24. The Morgan fingerprint density at radius 1 is 1.34 bits per heavy atom. The maximum absolute atomic E-state index is 14.3. The van der Waals surface area contributed by atoms with Gasteiger partial charge in [-0.05, 0) is 56.2 Å². The second-order valence-electron chi connectivity index (χ2n) is 9.04. The van der Waals surface area contributed by atoms with Crippen LogP contribution in [0.1, 0.15) is 43.6 Å². The lowest BCUT2D eigenvalue weighted by Gasteiger charge is -2.08. The van der Waals surface area contributed by atoms with E-state index in [9.17, 15) is 18.8 Å². The molecule has 3 aromatic heterocycles. The van der Waals surface area contributed by atoms with Crippen LogP contribution in [0.3, 0.4) is 0 Å². The number of H-pyrrole nitrogens is 1. The first-order chi connectivity index (χ1) is 16.8. The first-order valence-electron chi connectivity index (χ1n) is 11.7. The molecule has 1 aliphatic carbocycles. The molecule has 9 nitrogen and oxygen atoms in total. The number of unbranched alkanes of at least 4 members (excludes halogenated alkanes) is 1. The number of likely N-dealkylation sites (N-methyl/N-ethyl adjacent to an activating group) is 1. The topological polar surface area (TPSA) is 113 Å². The molecule has 0 spiro atoms. The van der Waals surface area contributed by atoms with Gasteiger partial charge in [0, 0.05) is 26.7 Å². The minimum Gasteiger partial charge on any atom is -0.345 e. The molecule has 3 heterocycles. The van der Waals surface area contributed by atoms with E-state index < -0.39 is 5.82 Å². The molecular formula is C25H29FN6O3. The number of aromatic nitrogens is 4. The smallest absolute Gasteiger partial charge is 0.274 e. The van der Waals surface area contributed by atoms with Crippen LogP contribution < -0.4 is 10.9 Å². The Hall–Kier alpha value is -3.82. The minimum absolute atomic E-state index is 0.101. The van der Waals surface area contributed by atoms with E-state index in [1.807, 2.05) is 0 Å². The van der Waals surface area contributed by atoms with Crippen molar-refractivity contribution in [1.29, 1.82) is 0 Å². The van der Waals surface area contributed by atoms with Crippen LogP contribution in [-0.2, 0) is 22.6 Å². The molecule has 0 aromatic carbocycles. The summed E-state index contributed by atoms with van der Waals surface area (Å²) in [6, 6.07) is 3.21. The number of nitrogens with one attached hydrogen (secondary N) is 2. The first-order valence-corrected chi connectivity index (χ1v) is 11.7. The number of rotatable bonds is 10. The van der Waals surface area contributed by atoms with Crippen molar-refractivity contribution in [3.63, 3.8) is 0 Å². The zero-order valence-corrected chi connectivity index (χ0v) is 19.9. The molecular weight excluding hydrogens is 451 g/mol. The fourth-order valence-electron chi connectivity index (χ4n) is 3.73. The Bertz CT molecular complexity index is 1320. The van der Waals surface area contributed by atoms with E-state index in [1.54, 1.807) is 38.5 Å². The van der Waals surface area contributed by atoms with Gasteiger partial charge in [-0.15, -0.1) is 0 Å². The molecule has 10 heteroatoms. The summed E-state index contributed by atoms with van der Waals surface area (Å²) in [7, 11) is 3.34. The van der Waals surface area contributed by atoms with Crippen LogP contribution in [0.25, 0.3) is 11.0 Å². The highest BCUT2D eigenvalue weighted by Crippen LogP contribution is 2.33. The Balaban J connectivity index is 1.40. The Morgan fingerprint density at radius 2 is 2.14 bits per heavy atom. The molecule has 0 aliphatic heterocycles. The number of hydrogen-bond donors (Lipinski definition) is 2. The van der Waals surface area contributed by atoms with Crippen LogP contribution in [-0.4, -0.2) is 50.3 Å². The molecule has 0 atom stereocenters. The van der Waals surface area contributed by atoms with E-state index in [-0.39, 0.29) is 41.5 Å². The normalized spacial score (nSPS) is 13.5. The number of carbonyl (C=O) groups excluding carboxylic acids is 2. The molecule has 1 saturated carbocycles. The number of fused-ring (bicyclic) bond motifs is 1. The average molecular weight is 481 g/mol. The second-order valence-corrected chi connectivity index (χ2v) is 9.04. The molecule has 0 radical (unpaired) electrons. The van der Waals surface area contributed by atoms with Crippen molar-refractivity contribution < 1.29 is 14.0 Å². The van der Waals surface area contributed by atoms with Crippen molar-refractivity contribution in [3.05, 3.63) is 64.4 Å². The van der Waals surface area contributed by atoms with Gasteiger partial charge >= 0.3 is 0 Å². The van der Waals surface area contributed by atoms with Crippen LogP contribution >= 0.6 is 0 Å². The molecule has 2 N–H and O–H groups in total. The predicted octanol–water partition coefficient (Wildman–Crippen LogP) is 3.01. The maximum Gasteiger partial charge on any atom is 0.274 e. The van der Waals surface area contributed by atoms with E-state index in [0.717, 1.165) is 25.0 Å². The lowest BCUT2D eigenvalue weighted by Crippen LogP contribution is -2.26. The minimum atomic E-state index is -0.503. The quantitative estimate of drug-likeness (QED) is 0.342. The number of halogens is 1. The van der Waals surface area contributed by atoms with Gasteiger partial charge in [0.2, 0.25) is 11.8 Å². The van der Waals surface area contributed by atoms with Crippen molar-refractivity contribution in [2.45, 2.75) is 45.1 Å². The van der Waals surface area contributed by atoms with Crippen molar-refractivity contribution in [2.24, 2.45) is 5.92 Å². The molecule has 1 fully saturated rings. The largest absolute Gasteiger partial charge is 0.345 e. The standard InChI is InChI=1S/C25H29FN6O3/c1-31(2)22(34)9-5-3-4-8-21(33)28-18-7-6-12-32(25(18)35)15-20-29-23-17(26)14-27-19(24(23)30-20)13-16-10-11-16/h5-7,9,12,14,16H,3-4,8,10-11,13,15H2,1-2H3,(H,28,33)(H,29,30)/b9-5+. The SMILES string of the molecule is CN(C)C(=O)/C=C/CCCC(=O)Nc1cccn(Cc2nc3c(F)cnc(CC4CC4)c3[nH]2)c1=O. The van der Waals surface area contributed by atoms with Gasteiger partial charge in [-0.25, -0.2) is 9.37 Å². The van der Waals surface area contributed by atoms with E-state index in [4.69, 9.17) is 0 Å². The van der Waals surface area contributed by atoms with Gasteiger partial charge in [-0.2, -0.15) is 0 Å². The highest BCUT2D eigenvalue weighted by atomic mass is 19.1. The van der Waals surface area contributed by atoms with Crippen LogP contribution in [0.15, 0.2) is 41.5 Å². The van der Waals surface area contributed by atoms with Crippen molar-refractivity contribution in [3.8, 4) is 0 Å². The van der Waals surface area contributed by atoms with Crippen molar-refractivity contribution in [1.82, 2.24) is 24.4 Å². The van der Waals surface area contributed by atoms with Crippen LogP contribution in [0.4, 0.5) is 10.1 Å². The third-order valence-electron chi connectivity index (χ3n) is 5.87. The number of imidazole rings is 1. The third-order valence-corrected chi connectivity index (χ3v) is 5.87. The molecule has 4 rings (SSSR count). The monoisotopic (exact) mass is 480 g/mol. The lowest BCUT2D eigenvalue weighted by atomic mass is 10.2. The summed E-state index contributed by atoms with van der Waals surface area (Å²) >= 11 is 0. The van der Waals surface area contributed by atoms with Gasteiger partial charge in [0.15, 0.2) is 5.82 Å². The number of aromatic amines is 1. The lowest BCUT2D eigenvalue weighted by molar-refractivity contribution is -0.123. The zero-order chi connectivity index (χ0) is 24.9. The Labute approximate surface area is 202 Å². The first kappa shape index (κ1) is 24.3. The predicted molar refractivity (Wildman–Crippen MR) is 130 cm³/mol. The number of nitrogens with zero attached hydrogens (tertiary/aromatic N) is 4. The number of allylic oxidation sites excluding steroid dienone is 1. The van der Waals surface area contributed by atoms with E-state index in [0.29, 0.717) is 30.1 Å². The molecule has 35 heavy (non-hydrogen) atoms. The molecule has 0 saturated heterocycles. The van der Waals surface area contributed by atoms with Gasteiger partial charge in [-0.1, -0.05) is 6.08 Å². The fourth-order valence-corrected chi connectivity index (χ4v) is 3.73. The summed E-state index contributed by atoms with van der Waals surface area (Å²) in [5.74, 6) is 0.128. The summed E-state index contributed by atoms with van der Waals surface area (Å²) in [5.41, 5.74) is 1.37. The summed E-state index contributed by atoms with van der Waals surface area (Å²) in [6.07, 6.45) is 10.4. The molecule has 0 unspecified atom stereocenters. The van der Waals surface area contributed by atoms with Crippen molar-refractivity contribution in [2.75, 3.05) is 19.4 Å². The number of pyridine rings is 2. The van der Waals surface area contributed by atoms with Gasteiger partial charge in [-0.3, -0.25) is 19.4 Å². The van der Waals surface area contributed by atoms with Crippen molar-refractivity contribution >= 4 is 28.5 Å². The Kier molecular flexibility index (Phi) is 7.38. The third kappa shape index (κ3) is 6.20. The van der Waals surface area contributed by atoms with E-state index >= 15 is 0 Å². The summed E-state index contributed by atoms with van der Waals surface area (Å²) in [6.45, 7) is 0.101. The van der Waals surface area contributed by atoms with Crippen LogP contribution in [0.2, 0.25) is 0 Å². The highest BCUT2D eigenvalue weighted by molar-refractivity contribution is 5.90. The summed E-state index contributed by atoms with van der Waals surface area (Å²) < 4.78 is 15.7. The average Bonchev–Trinajstić information content (AvgIpc) is 3.54. The zero-order valence-electron chi connectivity index (χ0n) is 19.9. The van der Waals surface area contributed by atoms with Crippen LogP contribution in [0.5, 0.6) is 0 Å². The van der Waals surface area contributed by atoms with Crippen LogP contribution in [0, 0.1) is 11.7 Å². The summed E-state index contributed by atoms with van der Waals surface area (Å²) in [4.78, 5) is 49.9. The molecule has 184 valence electrons. The molecule has 0 bridgehead atoms. The maximum atomic E-state index is 14.3. The van der Waals surface area contributed by atoms with Gasteiger partial charge in [0.05, 0.1) is 24.0 Å². The molecule has 1 aliphatic rings.